The Morgan fingerprint density at radius 2 is 1.77 bits per heavy atom. The molecule has 4 nitrogen and oxygen atoms in total. The fourth-order valence-electron chi connectivity index (χ4n) is 3.80. The number of unbranched alkanes of at least 4 members (excludes halogenated alkanes) is 5. The molecule has 31 heavy (non-hydrogen) atoms. The van der Waals surface area contributed by atoms with Crippen LogP contribution in [0.25, 0.3) is 22.0 Å². The molecule has 1 unspecified atom stereocenters. The molecule has 3 rings (SSSR count). The molecule has 1 N–H and O–H groups in total. The number of halogens is 1. The van der Waals surface area contributed by atoms with Crippen LogP contribution in [0.4, 0.5) is 10.2 Å². The number of likely N-dealkylation sites (N-methyl/N-ethyl adjacent to an activating group) is 1. The van der Waals surface area contributed by atoms with Gasteiger partial charge in [0.05, 0.1) is 6.89 Å². The number of rotatable bonds is 11. The van der Waals surface area contributed by atoms with E-state index in [2.05, 4.69) is 24.0 Å². The highest BCUT2D eigenvalue weighted by Gasteiger charge is 2.13. The maximum atomic E-state index is 13.5. The van der Waals surface area contributed by atoms with Crippen LogP contribution in [0.1, 0.15) is 52.4 Å². The first-order chi connectivity index (χ1) is 15.4. The van der Waals surface area contributed by atoms with E-state index in [0.29, 0.717) is 5.82 Å². The Bertz CT molecular complexity index is 1060. The molecule has 164 valence electrons. The second kappa shape index (κ2) is 10.9. The van der Waals surface area contributed by atoms with E-state index in [-0.39, 0.29) is 5.82 Å². The largest absolute Gasteiger partial charge is 0.480 e. The first-order valence-electron chi connectivity index (χ1n) is 11.6. The van der Waals surface area contributed by atoms with E-state index in [4.69, 9.17) is 1.37 Å². The molecule has 0 aliphatic heterocycles. The number of carboxylic acid groups (broad SMARTS) is 1. The van der Waals surface area contributed by atoms with Crippen LogP contribution >= 0.6 is 0 Å². The van der Waals surface area contributed by atoms with Crippen molar-refractivity contribution in [2.24, 2.45) is 0 Å². The topological polar surface area (TPSA) is 53.4 Å². The molecule has 1 heterocycles. The zero-order chi connectivity index (χ0) is 23.1. The molecule has 1 atom stereocenters. The van der Waals surface area contributed by atoms with E-state index in [1.165, 1.54) is 54.7 Å². The molecule has 1 aromatic heterocycles. The van der Waals surface area contributed by atoms with E-state index in [9.17, 15) is 14.3 Å². The second-order valence-electron chi connectivity index (χ2n) is 7.98. The van der Waals surface area contributed by atoms with Crippen LogP contribution in [-0.2, 0) is 11.2 Å². The molecule has 0 bridgehead atoms. The third-order valence-corrected chi connectivity index (χ3v) is 5.50. The molecule has 0 aliphatic carbocycles. The first kappa shape index (κ1) is 21.3. The van der Waals surface area contributed by atoms with Gasteiger partial charge in [0.15, 0.2) is 0 Å². The third-order valence-electron chi connectivity index (χ3n) is 5.50. The van der Waals surface area contributed by atoms with Crippen molar-refractivity contribution in [2.75, 3.05) is 18.5 Å². The minimum Gasteiger partial charge on any atom is -0.480 e. The van der Waals surface area contributed by atoms with Gasteiger partial charge in [-0.1, -0.05) is 57.2 Å². The standard InChI is InChI=1S/C26H31FN2O2/c1-3-4-5-6-7-8-9-19-10-15-24-23(16-19)22(20-11-13-21(27)14-12-20)17-25(28-24)29(2)18-26(30)31/h10-17H,3-9,18H2,1-2H3,(H,30,31)/i18D. The predicted molar refractivity (Wildman–Crippen MR) is 125 cm³/mol. The fourth-order valence-corrected chi connectivity index (χ4v) is 3.80. The number of hydrogen-bond acceptors (Lipinski definition) is 3. The lowest BCUT2D eigenvalue weighted by molar-refractivity contribution is -0.135. The molecule has 0 amide bonds. The molecule has 0 spiro atoms. The summed E-state index contributed by atoms with van der Waals surface area (Å²) in [6, 6.07) is 14.2. The predicted octanol–water partition coefficient (Wildman–Crippen LogP) is 6.46. The Morgan fingerprint density at radius 3 is 2.48 bits per heavy atom. The van der Waals surface area contributed by atoms with Crippen LogP contribution in [0.3, 0.4) is 0 Å². The lowest BCUT2D eigenvalue weighted by Crippen LogP contribution is -2.26. The summed E-state index contributed by atoms with van der Waals surface area (Å²) >= 11 is 0. The van der Waals surface area contributed by atoms with Crippen molar-refractivity contribution in [1.82, 2.24) is 4.98 Å². The Balaban J connectivity index is 1.95. The van der Waals surface area contributed by atoms with Gasteiger partial charge in [-0.15, -0.1) is 0 Å². The highest BCUT2D eigenvalue weighted by atomic mass is 19.1. The molecule has 0 aliphatic rings. The number of fused-ring (bicyclic) bond motifs is 1. The van der Waals surface area contributed by atoms with E-state index in [1.807, 2.05) is 6.07 Å². The van der Waals surface area contributed by atoms with Crippen LogP contribution < -0.4 is 4.90 Å². The third kappa shape index (κ3) is 6.27. The number of hydrogen-bond donors (Lipinski definition) is 1. The summed E-state index contributed by atoms with van der Waals surface area (Å²) in [4.78, 5) is 17.2. The summed E-state index contributed by atoms with van der Waals surface area (Å²) in [7, 11) is 1.54. The fraction of sp³-hybridized carbons (Fsp3) is 0.385. The number of aliphatic carboxylic acids is 1. The maximum absolute atomic E-state index is 13.5. The molecule has 0 radical (unpaired) electrons. The monoisotopic (exact) mass is 423 g/mol. The number of benzene rings is 2. The average molecular weight is 424 g/mol. The smallest absolute Gasteiger partial charge is 0.323 e. The van der Waals surface area contributed by atoms with Gasteiger partial charge in [0, 0.05) is 12.4 Å². The minimum atomic E-state index is -1.46. The summed E-state index contributed by atoms with van der Waals surface area (Å²) in [6.07, 6.45) is 8.42. The van der Waals surface area contributed by atoms with Crippen LogP contribution in [-0.4, -0.2) is 29.6 Å². The maximum Gasteiger partial charge on any atom is 0.323 e. The van der Waals surface area contributed by atoms with Crippen molar-refractivity contribution in [2.45, 2.75) is 51.9 Å². The summed E-state index contributed by atoms with van der Waals surface area (Å²) in [5.74, 6) is -1.17. The van der Waals surface area contributed by atoms with Crippen LogP contribution in [0, 0.1) is 5.82 Å². The summed E-state index contributed by atoms with van der Waals surface area (Å²) in [5, 5.41) is 10.2. The van der Waals surface area contributed by atoms with Gasteiger partial charge < -0.3 is 10.0 Å². The van der Waals surface area contributed by atoms with Crippen molar-refractivity contribution < 1.29 is 15.7 Å². The van der Waals surface area contributed by atoms with Gasteiger partial charge in [0.1, 0.15) is 18.2 Å². The first-order valence-corrected chi connectivity index (χ1v) is 11.0. The van der Waals surface area contributed by atoms with Gasteiger partial charge >= 0.3 is 5.97 Å². The lowest BCUT2D eigenvalue weighted by atomic mass is 9.97. The Kier molecular flexibility index (Phi) is 7.48. The number of aromatic nitrogens is 1. The van der Waals surface area contributed by atoms with E-state index in [0.717, 1.165) is 34.9 Å². The summed E-state index contributed by atoms with van der Waals surface area (Å²) < 4.78 is 21.4. The molecule has 2 aromatic carbocycles. The SMILES string of the molecule is [2H]C(C(=O)O)N(C)c1cc(-c2ccc(F)cc2)c2cc(CCCCCCCC)ccc2n1. The van der Waals surface area contributed by atoms with E-state index < -0.39 is 12.5 Å². The molecule has 0 saturated carbocycles. The number of anilines is 1. The number of aryl methyl sites for hydroxylation is 1. The highest BCUT2D eigenvalue weighted by Crippen LogP contribution is 2.32. The number of nitrogens with zero attached hydrogens (tertiary/aromatic N) is 2. The quantitative estimate of drug-likeness (QED) is 0.359. The van der Waals surface area contributed by atoms with Crippen LogP contribution in [0.2, 0.25) is 0 Å². The van der Waals surface area contributed by atoms with E-state index in [1.54, 1.807) is 25.2 Å². The van der Waals surface area contributed by atoms with Gasteiger partial charge in [0.25, 0.3) is 0 Å². The lowest BCUT2D eigenvalue weighted by Gasteiger charge is -2.18. The molecular weight excluding hydrogens is 391 g/mol. The van der Waals surface area contributed by atoms with Gasteiger partial charge in [0.2, 0.25) is 0 Å². The van der Waals surface area contributed by atoms with Crippen LogP contribution in [0.15, 0.2) is 48.5 Å². The second-order valence-corrected chi connectivity index (χ2v) is 7.98. The minimum absolute atomic E-state index is 0.315. The summed E-state index contributed by atoms with van der Waals surface area (Å²) in [5.41, 5.74) is 3.61. The molecule has 0 saturated heterocycles. The van der Waals surface area contributed by atoms with Gasteiger partial charge in [-0.05, 0) is 59.9 Å². The number of carboxylic acids is 1. The Labute approximate surface area is 185 Å². The van der Waals surface area contributed by atoms with Gasteiger partial charge in [-0.25, -0.2) is 9.37 Å². The Hall–Kier alpha value is -2.95. The van der Waals surface area contributed by atoms with Crippen molar-refractivity contribution in [3.8, 4) is 11.1 Å². The molecule has 0 fully saturated rings. The average Bonchev–Trinajstić information content (AvgIpc) is 2.80. The molecule has 5 heteroatoms. The van der Waals surface area contributed by atoms with Crippen molar-refractivity contribution in [1.29, 1.82) is 0 Å². The highest BCUT2D eigenvalue weighted by molar-refractivity contribution is 5.96. The van der Waals surface area contributed by atoms with Gasteiger partial charge in [-0.2, -0.15) is 0 Å². The van der Waals surface area contributed by atoms with Gasteiger partial charge in [-0.3, -0.25) is 4.79 Å². The number of pyridine rings is 1. The van der Waals surface area contributed by atoms with Crippen LogP contribution in [0.5, 0.6) is 0 Å². The van der Waals surface area contributed by atoms with Crippen molar-refractivity contribution in [3.05, 3.63) is 59.9 Å². The zero-order valence-electron chi connectivity index (χ0n) is 19.3. The molecule has 3 aromatic rings. The normalized spacial score (nSPS) is 12.5. The van der Waals surface area contributed by atoms with Crippen molar-refractivity contribution in [3.63, 3.8) is 0 Å². The van der Waals surface area contributed by atoms with E-state index >= 15 is 0 Å². The van der Waals surface area contributed by atoms with Crippen molar-refractivity contribution >= 4 is 22.7 Å². The molecular formula is C26H31FN2O2. The summed E-state index contributed by atoms with van der Waals surface area (Å²) in [6.45, 7) is 0.754. The number of carbonyl (C=O) groups is 1. The zero-order valence-corrected chi connectivity index (χ0v) is 18.3. The Morgan fingerprint density at radius 1 is 1.06 bits per heavy atom.